The van der Waals surface area contributed by atoms with Gasteiger partial charge >= 0.3 is 0 Å². The average molecular weight is 343 g/mol. The van der Waals surface area contributed by atoms with Crippen molar-refractivity contribution in [2.75, 3.05) is 19.6 Å². The second kappa shape index (κ2) is 8.39. The summed E-state index contributed by atoms with van der Waals surface area (Å²) in [6, 6.07) is 5.33. The number of hydrogen-bond donors (Lipinski definition) is 1. The molecule has 0 unspecified atom stereocenters. The van der Waals surface area contributed by atoms with Gasteiger partial charge in [-0.25, -0.2) is 0 Å². The molecule has 1 fully saturated rings. The summed E-state index contributed by atoms with van der Waals surface area (Å²) in [5.74, 6) is -0.126. The summed E-state index contributed by atoms with van der Waals surface area (Å²) < 4.78 is 0. The molecule has 0 aromatic heterocycles. The number of likely N-dealkylation sites (tertiary alicyclic amines) is 1. The molecule has 1 saturated heterocycles. The number of benzene rings is 1. The van der Waals surface area contributed by atoms with Crippen molar-refractivity contribution in [3.8, 4) is 0 Å². The lowest BCUT2D eigenvalue weighted by Crippen LogP contribution is -2.42. The number of rotatable bonds is 5. The van der Waals surface area contributed by atoms with Crippen molar-refractivity contribution in [1.29, 1.82) is 0 Å². The minimum Gasteiger partial charge on any atom is -0.347 e. The summed E-state index contributed by atoms with van der Waals surface area (Å²) in [5, 5.41) is 3.67. The van der Waals surface area contributed by atoms with Crippen molar-refractivity contribution in [3.63, 3.8) is 0 Å². The van der Waals surface area contributed by atoms with Crippen LogP contribution < -0.4 is 5.32 Å². The highest BCUT2D eigenvalue weighted by molar-refractivity contribution is 6.42. The second-order valence-electron chi connectivity index (χ2n) is 5.47. The van der Waals surface area contributed by atoms with Gasteiger partial charge in [0.1, 0.15) is 0 Å². The Morgan fingerprint density at radius 3 is 2.50 bits per heavy atom. The molecule has 0 radical (unpaired) electrons. The smallest absolute Gasteiger partial charge is 0.241 e. The van der Waals surface area contributed by atoms with Crippen molar-refractivity contribution in [2.24, 2.45) is 0 Å². The van der Waals surface area contributed by atoms with E-state index in [9.17, 15) is 9.59 Å². The normalized spacial score (nSPS) is 14.7. The molecule has 0 spiro atoms. The summed E-state index contributed by atoms with van der Waals surface area (Å²) in [6.07, 6.45) is 4.18. The number of halogens is 2. The number of piperidine rings is 1. The molecule has 1 aromatic carbocycles. The number of nitrogens with zero attached hydrogens (tertiary/aromatic N) is 1. The fourth-order valence-electron chi connectivity index (χ4n) is 2.47. The van der Waals surface area contributed by atoms with E-state index in [0.29, 0.717) is 22.9 Å². The summed E-state index contributed by atoms with van der Waals surface area (Å²) in [5.41, 5.74) is 0.951. The molecule has 1 aliphatic rings. The van der Waals surface area contributed by atoms with E-state index >= 15 is 0 Å². The predicted octanol–water partition coefficient (Wildman–Crippen LogP) is 3.05. The second-order valence-corrected chi connectivity index (χ2v) is 6.28. The molecule has 6 heteroatoms. The van der Waals surface area contributed by atoms with Crippen LogP contribution in [0.3, 0.4) is 0 Å². The van der Waals surface area contributed by atoms with Crippen molar-refractivity contribution in [2.45, 2.75) is 32.1 Å². The van der Waals surface area contributed by atoms with Crippen LogP contribution in [-0.4, -0.2) is 36.3 Å². The van der Waals surface area contributed by atoms with Gasteiger partial charge in [0.2, 0.25) is 11.8 Å². The van der Waals surface area contributed by atoms with Gasteiger partial charge in [0.15, 0.2) is 0 Å². The van der Waals surface area contributed by atoms with Crippen molar-refractivity contribution in [1.82, 2.24) is 10.2 Å². The van der Waals surface area contributed by atoms with Crippen LogP contribution in [0, 0.1) is 0 Å². The molecule has 1 aromatic rings. The summed E-state index contributed by atoms with van der Waals surface area (Å²) in [7, 11) is 0. The molecule has 1 heterocycles. The molecule has 0 saturated carbocycles. The minimum absolute atomic E-state index is 0.00240. The topological polar surface area (TPSA) is 49.4 Å². The van der Waals surface area contributed by atoms with Crippen LogP contribution in [0.2, 0.25) is 10.0 Å². The third kappa shape index (κ3) is 5.18. The van der Waals surface area contributed by atoms with Crippen molar-refractivity contribution < 1.29 is 9.59 Å². The maximum absolute atomic E-state index is 11.9. The summed E-state index contributed by atoms with van der Waals surface area (Å²) in [4.78, 5) is 25.6. The lowest BCUT2D eigenvalue weighted by molar-refractivity contribution is -0.133. The lowest BCUT2D eigenvalue weighted by Gasteiger charge is -2.26. The van der Waals surface area contributed by atoms with E-state index in [1.807, 2.05) is 11.0 Å². The Hall–Kier alpha value is -1.26. The summed E-state index contributed by atoms with van der Waals surface area (Å²) in [6.45, 7) is 1.69. The Labute approximate surface area is 140 Å². The Morgan fingerprint density at radius 1 is 1.09 bits per heavy atom. The van der Waals surface area contributed by atoms with Crippen LogP contribution in [-0.2, 0) is 16.0 Å². The Morgan fingerprint density at radius 2 is 1.82 bits per heavy atom. The van der Waals surface area contributed by atoms with Crippen molar-refractivity contribution in [3.05, 3.63) is 33.8 Å². The SMILES string of the molecule is O=C(CCc1ccc(Cl)c(Cl)c1)NCC(=O)N1CCCCC1. The predicted molar refractivity (Wildman–Crippen MR) is 88.2 cm³/mol. The number of nitrogens with one attached hydrogen (secondary N) is 1. The molecular weight excluding hydrogens is 323 g/mol. The van der Waals surface area contributed by atoms with Crippen LogP contribution in [0.15, 0.2) is 18.2 Å². The van der Waals surface area contributed by atoms with E-state index < -0.39 is 0 Å². The Kier molecular flexibility index (Phi) is 6.52. The van der Waals surface area contributed by atoms with E-state index in [2.05, 4.69) is 5.32 Å². The molecule has 0 aliphatic carbocycles. The van der Waals surface area contributed by atoms with Gasteiger partial charge in [0.05, 0.1) is 16.6 Å². The van der Waals surface area contributed by atoms with Crippen LogP contribution in [0.25, 0.3) is 0 Å². The van der Waals surface area contributed by atoms with Crippen LogP contribution >= 0.6 is 23.2 Å². The van der Waals surface area contributed by atoms with E-state index in [0.717, 1.165) is 31.5 Å². The zero-order chi connectivity index (χ0) is 15.9. The monoisotopic (exact) mass is 342 g/mol. The van der Waals surface area contributed by atoms with Gasteiger partial charge in [-0.15, -0.1) is 0 Å². The highest BCUT2D eigenvalue weighted by atomic mass is 35.5. The molecule has 120 valence electrons. The molecular formula is C16H20Cl2N2O2. The fourth-order valence-corrected chi connectivity index (χ4v) is 2.79. The number of aryl methyl sites for hydroxylation is 1. The van der Waals surface area contributed by atoms with Gasteiger partial charge in [-0.3, -0.25) is 9.59 Å². The highest BCUT2D eigenvalue weighted by Gasteiger charge is 2.16. The van der Waals surface area contributed by atoms with Crippen LogP contribution in [0.1, 0.15) is 31.2 Å². The quantitative estimate of drug-likeness (QED) is 0.893. The van der Waals surface area contributed by atoms with Crippen LogP contribution in [0.4, 0.5) is 0 Å². The van der Waals surface area contributed by atoms with Gasteiger partial charge in [0.25, 0.3) is 0 Å². The van der Waals surface area contributed by atoms with Gasteiger partial charge in [0, 0.05) is 19.5 Å². The summed E-state index contributed by atoms with van der Waals surface area (Å²) >= 11 is 11.8. The molecule has 1 aliphatic heterocycles. The first-order chi connectivity index (χ1) is 10.6. The first-order valence-electron chi connectivity index (χ1n) is 7.54. The maximum Gasteiger partial charge on any atom is 0.241 e. The molecule has 1 N–H and O–H groups in total. The maximum atomic E-state index is 11.9. The van der Waals surface area contributed by atoms with E-state index in [-0.39, 0.29) is 18.4 Å². The van der Waals surface area contributed by atoms with E-state index in [1.165, 1.54) is 6.42 Å². The minimum atomic E-state index is -0.128. The van der Waals surface area contributed by atoms with Gasteiger partial charge in [-0.2, -0.15) is 0 Å². The largest absolute Gasteiger partial charge is 0.347 e. The third-order valence-corrected chi connectivity index (χ3v) is 4.51. The van der Waals surface area contributed by atoms with E-state index in [1.54, 1.807) is 12.1 Å². The van der Waals surface area contributed by atoms with Gasteiger partial charge in [-0.1, -0.05) is 29.3 Å². The van der Waals surface area contributed by atoms with Gasteiger partial charge < -0.3 is 10.2 Å². The molecule has 2 amide bonds. The zero-order valence-electron chi connectivity index (χ0n) is 12.4. The molecule has 2 rings (SSSR count). The number of hydrogen-bond acceptors (Lipinski definition) is 2. The van der Waals surface area contributed by atoms with Crippen molar-refractivity contribution >= 4 is 35.0 Å². The third-order valence-electron chi connectivity index (χ3n) is 3.77. The van der Waals surface area contributed by atoms with Crippen LogP contribution in [0.5, 0.6) is 0 Å². The zero-order valence-corrected chi connectivity index (χ0v) is 13.9. The lowest BCUT2D eigenvalue weighted by atomic mass is 10.1. The number of carbonyl (C=O) groups is 2. The molecule has 0 bridgehead atoms. The van der Waals surface area contributed by atoms with E-state index in [4.69, 9.17) is 23.2 Å². The Bertz CT molecular complexity index is 543. The first-order valence-corrected chi connectivity index (χ1v) is 8.30. The Balaban J connectivity index is 1.71. The molecule has 4 nitrogen and oxygen atoms in total. The number of carbonyl (C=O) groups excluding carboxylic acids is 2. The first kappa shape index (κ1) is 17.1. The fraction of sp³-hybridized carbons (Fsp3) is 0.500. The number of amides is 2. The molecule has 0 atom stereocenters. The molecule has 22 heavy (non-hydrogen) atoms. The highest BCUT2D eigenvalue weighted by Crippen LogP contribution is 2.23. The average Bonchev–Trinajstić information content (AvgIpc) is 2.54. The standard InChI is InChI=1S/C16H20Cl2N2O2/c17-13-6-4-12(10-14(13)18)5-7-15(21)19-11-16(22)20-8-2-1-3-9-20/h4,6,10H,1-3,5,7-9,11H2,(H,19,21). The van der Waals surface area contributed by atoms with Gasteiger partial charge in [-0.05, 0) is 43.4 Å².